The molecule has 0 amide bonds. The van der Waals surface area contributed by atoms with E-state index in [0.717, 1.165) is 6.42 Å². The molecule has 2 heterocycles. The number of ether oxygens (including phenoxy) is 1. The molecule has 2 aromatic heterocycles. The molecule has 0 radical (unpaired) electrons. The van der Waals surface area contributed by atoms with E-state index in [-0.39, 0.29) is 5.78 Å². The average Bonchev–Trinajstić information content (AvgIpc) is 2.92. The largest absolute Gasteiger partial charge is 0.493 e. The Hall–Kier alpha value is -2.11. The summed E-state index contributed by atoms with van der Waals surface area (Å²) < 4.78 is 8.55. The summed E-state index contributed by atoms with van der Waals surface area (Å²) in [5.41, 5.74) is 1.78. The minimum absolute atomic E-state index is 0.103. The van der Waals surface area contributed by atoms with Crippen molar-refractivity contribution in [3.63, 3.8) is 0 Å². The van der Waals surface area contributed by atoms with Gasteiger partial charge >= 0.3 is 0 Å². The van der Waals surface area contributed by atoms with Gasteiger partial charge in [-0.1, -0.05) is 6.92 Å². The van der Waals surface area contributed by atoms with Gasteiger partial charge in [0.2, 0.25) is 5.78 Å². The molecule has 0 aliphatic carbocycles. The minimum Gasteiger partial charge on any atom is -0.493 e. The fourth-order valence-corrected chi connectivity index (χ4v) is 2.08. The Kier molecular flexibility index (Phi) is 3.69. The summed E-state index contributed by atoms with van der Waals surface area (Å²) in [6.45, 7) is 4.54. The van der Waals surface area contributed by atoms with Crippen molar-refractivity contribution in [3.05, 3.63) is 29.3 Å². The van der Waals surface area contributed by atoms with Crippen LogP contribution in [0.15, 0.2) is 12.4 Å². The summed E-state index contributed by atoms with van der Waals surface area (Å²) in [4.78, 5) is 12.6. The van der Waals surface area contributed by atoms with E-state index in [1.54, 1.807) is 35.9 Å². The minimum atomic E-state index is -0.103. The van der Waals surface area contributed by atoms with Gasteiger partial charge in [0.15, 0.2) is 11.4 Å². The molecule has 0 saturated heterocycles. The normalized spacial score (nSPS) is 10.7. The van der Waals surface area contributed by atoms with Gasteiger partial charge in [-0.05, 0) is 13.3 Å². The molecule has 2 aromatic rings. The van der Waals surface area contributed by atoms with Crippen LogP contribution in [0.2, 0.25) is 0 Å². The fourth-order valence-electron chi connectivity index (χ4n) is 2.08. The molecule has 0 aromatic carbocycles. The molecule has 0 N–H and O–H groups in total. The van der Waals surface area contributed by atoms with Crippen LogP contribution in [-0.4, -0.2) is 32.5 Å². The molecule has 0 bridgehead atoms. The maximum atomic E-state index is 12.6. The van der Waals surface area contributed by atoms with Crippen LogP contribution in [0.4, 0.5) is 0 Å². The van der Waals surface area contributed by atoms with Gasteiger partial charge in [-0.3, -0.25) is 14.2 Å². The highest BCUT2D eigenvalue weighted by molar-refractivity contribution is 6.10. The van der Waals surface area contributed by atoms with Gasteiger partial charge in [0.05, 0.1) is 24.6 Å². The molecule has 0 aliphatic rings. The lowest BCUT2D eigenvalue weighted by Gasteiger charge is -2.06. The first kappa shape index (κ1) is 13.3. The van der Waals surface area contributed by atoms with E-state index in [4.69, 9.17) is 4.74 Å². The van der Waals surface area contributed by atoms with E-state index in [1.807, 2.05) is 13.8 Å². The van der Waals surface area contributed by atoms with E-state index < -0.39 is 0 Å². The highest BCUT2D eigenvalue weighted by Crippen LogP contribution is 2.22. The quantitative estimate of drug-likeness (QED) is 0.767. The van der Waals surface area contributed by atoms with E-state index >= 15 is 0 Å². The average molecular weight is 262 g/mol. The van der Waals surface area contributed by atoms with Gasteiger partial charge < -0.3 is 4.74 Å². The number of hydrogen-bond donors (Lipinski definition) is 0. The van der Waals surface area contributed by atoms with Crippen molar-refractivity contribution in [1.82, 2.24) is 19.6 Å². The Morgan fingerprint density at radius 3 is 2.74 bits per heavy atom. The zero-order valence-electron chi connectivity index (χ0n) is 11.7. The number of carbonyl (C=O) groups excluding carboxylic acids is 1. The fraction of sp³-hybridized carbons (Fsp3) is 0.462. The second-order valence-electron chi connectivity index (χ2n) is 4.42. The Balaban J connectivity index is 2.48. The number of ketones is 1. The van der Waals surface area contributed by atoms with Gasteiger partial charge in [0.1, 0.15) is 0 Å². The predicted molar refractivity (Wildman–Crippen MR) is 70.4 cm³/mol. The Morgan fingerprint density at radius 2 is 2.21 bits per heavy atom. The molecular formula is C13H18N4O2. The number of aryl methyl sites for hydroxylation is 3. The van der Waals surface area contributed by atoms with Crippen molar-refractivity contribution in [2.75, 3.05) is 7.11 Å². The Labute approximate surface area is 112 Å². The first-order valence-electron chi connectivity index (χ1n) is 6.23. The van der Waals surface area contributed by atoms with Gasteiger partial charge in [0, 0.05) is 19.8 Å². The van der Waals surface area contributed by atoms with Crippen LogP contribution in [0.1, 0.15) is 35.1 Å². The van der Waals surface area contributed by atoms with Crippen LogP contribution < -0.4 is 4.74 Å². The number of aromatic nitrogens is 4. The van der Waals surface area contributed by atoms with Gasteiger partial charge in [0.25, 0.3) is 0 Å². The summed E-state index contributed by atoms with van der Waals surface area (Å²) >= 11 is 0. The summed E-state index contributed by atoms with van der Waals surface area (Å²) in [5.74, 6) is 0.398. The van der Waals surface area contributed by atoms with Crippen LogP contribution in [-0.2, 0) is 13.6 Å². The van der Waals surface area contributed by atoms with Crippen molar-refractivity contribution in [3.8, 4) is 5.75 Å². The van der Waals surface area contributed by atoms with Gasteiger partial charge in [-0.2, -0.15) is 10.2 Å². The highest BCUT2D eigenvalue weighted by atomic mass is 16.5. The first-order chi connectivity index (χ1) is 9.08. The maximum Gasteiger partial charge on any atom is 0.218 e. The molecule has 6 heteroatoms. The number of nitrogens with zero attached hydrogens (tertiary/aromatic N) is 4. The second kappa shape index (κ2) is 5.26. The third-order valence-electron chi connectivity index (χ3n) is 2.93. The number of carbonyl (C=O) groups is 1. The lowest BCUT2D eigenvalue weighted by atomic mass is 10.1. The van der Waals surface area contributed by atoms with Crippen LogP contribution in [0.25, 0.3) is 0 Å². The van der Waals surface area contributed by atoms with Crippen molar-refractivity contribution >= 4 is 5.78 Å². The smallest absolute Gasteiger partial charge is 0.218 e. The second-order valence-corrected chi connectivity index (χ2v) is 4.42. The monoisotopic (exact) mass is 262 g/mol. The molecule has 19 heavy (non-hydrogen) atoms. The van der Waals surface area contributed by atoms with Gasteiger partial charge in [-0.25, -0.2) is 0 Å². The Morgan fingerprint density at radius 1 is 1.47 bits per heavy atom. The van der Waals surface area contributed by atoms with Gasteiger partial charge in [-0.15, -0.1) is 0 Å². The maximum absolute atomic E-state index is 12.6. The topological polar surface area (TPSA) is 61.9 Å². The molecular weight excluding hydrogens is 244 g/mol. The standard InChI is InChI=1S/C13H18N4O2/c1-5-6-17-12(11(19-4)7-14-17)13(18)10-8-16(3)15-9(10)2/h7-8H,5-6H2,1-4H3. The van der Waals surface area contributed by atoms with E-state index in [2.05, 4.69) is 10.2 Å². The molecule has 0 saturated carbocycles. The zero-order chi connectivity index (χ0) is 14.0. The highest BCUT2D eigenvalue weighted by Gasteiger charge is 2.23. The number of rotatable bonds is 5. The number of hydrogen-bond acceptors (Lipinski definition) is 4. The summed E-state index contributed by atoms with van der Waals surface area (Å²) in [7, 11) is 3.34. The zero-order valence-corrected chi connectivity index (χ0v) is 11.7. The van der Waals surface area contributed by atoms with Crippen LogP contribution in [0.5, 0.6) is 5.75 Å². The van der Waals surface area contributed by atoms with Crippen molar-refractivity contribution in [1.29, 1.82) is 0 Å². The third kappa shape index (κ3) is 2.38. The van der Waals surface area contributed by atoms with E-state index in [1.165, 1.54) is 0 Å². The molecule has 0 fully saturated rings. The van der Waals surface area contributed by atoms with E-state index in [9.17, 15) is 4.79 Å². The lowest BCUT2D eigenvalue weighted by Crippen LogP contribution is -2.13. The molecule has 102 valence electrons. The summed E-state index contributed by atoms with van der Waals surface area (Å²) in [6, 6.07) is 0. The number of methoxy groups -OCH3 is 1. The van der Waals surface area contributed by atoms with Crippen molar-refractivity contribution in [2.45, 2.75) is 26.8 Å². The molecule has 6 nitrogen and oxygen atoms in total. The first-order valence-corrected chi connectivity index (χ1v) is 6.23. The Bertz CT molecular complexity index is 598. The van der Waals surface area contributed by atoms with Crippen LogP contribution >= 0.6 is 0 Å². The lowest BCUT2D eigenvalue weighted by molar-refractivity contribution is 0.102. The van der Waals surface area contributed by atoms with Crippen molar-refractivity contribution < 1.29 is 9.53 Å². The van der Waals surface area contributed by atoms with E-state index in [0.29, 0.717) is 29.2 Å². The van der Waals surface area contributed by atoms with Crippen LogP contribution in [0, 0.1) is 6.92 Å². The summed E-state index contributed by atoms with van der Waals surface area (Å²) in [5, 5.41) is 8.40. The third-order valence-corrected chi connectivity index (χ3v) is 2.93. The summed E-state index contributed by atoms with van der Waals surface area (Å²) in [6.07, 6.45) is 4.20. The molecule has 0 unspecified atom stereocenters. The van der Waals surface area contributed by atoms with Crippen molar-refractivity contribution in [2.24, 2.45) is 7.05 Å². The van der Waals surface area contributed by atoms with Crippen LogP contribution in [0.3, 0.4) is 0 Å². The SMILES string of the molecule is CCCn1ncc(OC)c1C(=O)c1cn(C)nc1C. The predicted octanol–water partition coefficient (Wildman–Crippen LogP) is 1.57. The molecule has 0 aliphatic heterocycles. The molecule has 0 spiro atoms. The molecule has 2 rings (SSSR count). The molecule has 0 atom stereocenters.